The van der Waals surface area contributed by atoms with Crippen LogP contribution in [0.25, 0.3) is 17.0 Å². The van der Waals surface area contributed by atoms with Crippen molar-refractivity contribution in [2.24, 2.45) is 5.41 Å². The highest BCUT2D eigenvalue weighted by Gasteiger charge is 2.43. The number of hydrogen-bond acceptors (Lipinski definition) is 9. The quantitative estimate of drug-likeness (QED) is 0.446. The van der Waals surface area contributed by atoms with Gasteiger partial charge in [-0.3, -0.25) is 29.2 Å². The van der Waals surface area contributed by atoms with E-state index in [2.05, 4.69) is 16.1 Å². The van der Waals surface area contributed by atoms with Gasteiger partial charge >= 0.3 is 5.97 Å². The van der Waals surface area contributed by atoms with Crippen LogP contribution in [0.2, 0.25) is 0 Å². The Hall–Kier alpha value is -3.87. The lowest BCUT2D eigenvalue weighted by Gasteiger charge is -2.35. The van der Waals surface area contributed by atoms with E-state index in [0.29, 0.717) is 31.5 Å². The van der Waals surface area contributed by atoms with E-state index >= 15 is 0 Å². The zero-order valence-corrected chi connectivity index (χ0v) is 24.8. The zero-order chi connectivity index (χ0) is 30.6. The van der Waals surface area contributed by atoms with Crippen LogP contribution in [0.4, 0.5) is 0 Å². The second-order valence-electron chi connectivity index (χ2n) is 11.4. The summed E-state index contributed by atoms with van der Waals surface area (Å²) in [4.78, 5) is 58.2. The van der Waals surface area contributed by atoms with Crippen LogP contribution in [0, 0.1) is 5.41 Å². The Kier molecular flexibility index (Phi) is 9.38. The van der Waals surface area contributed by atoms with Crippen molar-refractivity contribution in [2.75, 3.05) is 26.6 Å². The lowest BCUT2D eigenvalue weighted by Crippen LogP contribution is -2.61. The number of benzene rings is 1. The number of pyridine rings is 1. The first-order chi connectivity index (χ1) is 20.7. The van der Waals surface area contributed by atoms with E-state index < -0.39 is 41.4 Å². The van der Waals surface area contributed by atoms with Crippen molar-refractivity contribution in [2.45, 2.75) is 70.7 Å². The number of amides is 3. The smallest absolute Gasteiger partial charge is 0.321 e. The van der Waals surface area contributed by atoms with Gasteiger partial charge < -0.3 is 24.8 Å². The van der Waals surface area contributed by atoms with Crippen LogP contribution in [0.3, 0.4) is 0 Å². The molecule has 2 fully saturated rings. The molecule has 0 radical (unpaired) electrons. The number of cyclic esters (lactones) is 1. The van der Waals surface area contributed by atoms with Crippen LogP contribution < -0.4 is 16.1 Å². The fourth-order valence-electron chi connectivity index (χ4n) is 5.46. The predicted octanol–water partition coefficient (Wildman–Crippen LogP) is 2.14. The average Bonchev–Trinajstić information content (AvgIpc) is 3.02. The van der Waals surface area contributed by atoms with Crippen LogP contribution in [-0.4, -0.2) is 78.4 Å². The number of hydrogen-bond donors (Lipinski definition) is 3. The maximum absolute atomic E-state index is 13.7. The topological polar surface area (TPSA) is 148 Å². The maximum atomic E-state index is 13.7. The normalized spacial score (nSPS) is 27.8. The van der Waals surface area contributed by atoms with Crippen molar-refractivity contribution < 1.29 is 33.4 Å². The molecule has 2 saturated heterocycles. The van der Waals surface area contributed by atoms with Gasteiger partial charge in [0.2, 0.25) is 5.91 Å². The molecule has 12 heteroatoms. The van der Waals surface area contributed by atoms with Crippen LogP contribution in [-0.2, 0) is 33.4 Å². The molecule has 2 aromatic rings. The van der Waals surface area contributed by atoms with E-state index in [9.17, 15) is 19.2 Å². The second kappa shape index (κ2) is 13.2. The largest absolute Gasteiger partial charge is 0.451 e. The molecule has 5 bridgehead atoms. The van der Waals surface area contributed by atoms with Gasteiger partial charge in [0.25, 0.3) is 11.8 Å². The number of fused-ring (bicyclic) bond motifs is 4. The van der Waals surface area contributed by atoms with Gasteiger partial charge in [0.05, 0.1) is 30.5 Å². The summed E-state index contributed by atoms with van der Waals surface area (Å²) in [6, 6.07) is 7.63. The molecular formula is C31H39N5O7. The van der Waals surface area contributed by atoms with Crippen LogP contribution >= 0.6 is 0 Å². The third kappa shape index (κ3) is 6.87. The Bertz CT molecular complexity index is 1410. The molecule has 0 aliphatic carbocycles. The molecule has 3 aliphatic heterocycles. The van der Waals surface area contributed by atoms with Gasteiger partial charge in [-0.15, -0.1) is 0 Å². The second-order valence-corrected chi connectivity index (χ2v) is 11.4. The molecule has 3 aliphatic rings. The lowest BCUT2D eigenvalue weighted by molar-refractivity contribution is -0.191. The monoisotopic (exact) mass is 593 g/mol. The van der Waals surface area contributed by atoms with Crippen molar-refractivity contribution in [3.05, 3.63) is 47.7 Å². The van der Waals surface area contributed by atoms with Gasteiger partial charge in [0.15, 0.2) is 6.10 Å². The zero-order valence-electron chi connectivity index (χ0n) is 24.8. The molecule has 12 nitrogen and oxygen atoms in total. The van der Waals surface area contributed by atoms with Gasteiger partial charge in [0, 0.05) is 11.9 Å². The highest BCUT2D eigenvalue weighted by atomic mass is 16.7. The summed E-state index contributed by atoms with van der Waals surface area (Å²) in [7, 11) is 0. The van der Waals surface area contributed by atoms with Gasteiger partial charge in [-0.25, -0.2) is 5.43 Å². The minimum atomic E-state index is -1.28. The number of nitrogens with zero attached hydrogens (tertiary/aromatic N) is 2. The summed E-state index contributed by atoms with van der Waals surface area (Å²) >= 11 is 0. The van der Waals surface area contributed by atoms with E-state index in [-0.39, 0.29) is 38.4 Å². The first-order valence-corrected chi connectivity index (χ1v) is 14.8. The SMILES string of the molecule is CCCC1OC(=O)C2(/C=C/c3ccc4ccc(nc4c3)[C@@H](C)NC(=O)[C@@H]3CCCN(N3)C(=O)[C@H](C)NC1=O)COCOC2. The van der Waals surface area contributed by atoms with Gasteiger partial charge in [-0.1, -0.05) is 43.7 Å². The van der Waals surface area contributed by atoms with Crippen LogP contribution in [0.5, 0.6) is 0 Å². The van der Waals surface area contributed by atoms with Gasteiger partial charge in [0.1, 0.15) is 24.3 Å². The fourth-order valence-corrected chi connectivity index (χ4v) is 5.46. The molecule has 1 aromatic carbocycles. The Morgan fingerprint density at radius 1 is 1.00 bits per heavy atom. The Morgan fingerprint density at radius 2 is 1.74 bits per heavy atom. The molecule has 230 valence electrons. The number of nitrogens with one attached hydrogen (secondary N) is 3. The Morgan fingerprint density at radius 3 is 2.51 bits per heavy atom. The molecule has 3 N–H and O–H groups in total. The number of hydrazine groups is 1. The van der Waals surface area contributed by atoms with E-state index in [0.717, 1.165) is 16.5 Å². The minimum Gasteiger partial charge on any atom is -0.451 e. The first-order valence-electron chi connectivity index (χ1n) is 14.8. The van der Waals surface area contributed by atoms with Crippen molar-refractivity contribution in [1.82, 2.24) is 26.1 Å². The summed E-state index contributed by atoms with van der Waals surface area (Å²) in [6.07, 6.45) is 4.35. The number of aromatic nitrogens is 1. The third-order valence-electron chi connectivity index (χ3n) is 8.02. The molecule has 4 atom stereocenters. The summed E-state index contributed by atoms with van der Waals surface area (Å²) in [5.41, 5.74) is 3.94. The molecule has 5 rings (SSSR count). The van der Waals surface area contributed by atoms with Crippen LogP contribution in [0.15, 0.2) is 36.4 Å². The standard InChI is InChI=1S/C31H39N5O7/c1-4-6-26-28(38)33-20(3)29(39)36-14-5-7-24(35-36)27(37)32-19(2)23-11-10-22-9-8-21(15-25(22)34-23)12-13-31(30(40)43-26)16-41-18-42-17-31/h8-13,15,19-20,24,26,35H,4-7,14,16-18H2,1-3H3,(H,32,37)(H,33,38)/b13-12+/t19-,20+,24+,26?/m1/s1. The number of ether oxygens (including phenoxy) is 3. The van der Waals surface area contributed by atoms with Crippen LogP contribution in [0.1, 0.15) is 63.8 Å². The maximum Gasteiger partial charge on any atom is 0.321 e. The molecule has 1 aromatic heterocycles. The number of carbonyl (C=O) groups excluding carboxylic acids is 4. The van der Waals surface area contributed by atoms with Crippen molar-refractivity contribution in [3.8, 4) is 0 Å². The molecule has 0 saturated carbocycles. The molecule has 1 unspecified atom stereocenters. The first kappa shape index (κ1) is 30.6. The van der Waals surface area contributed by atoms with Gasteiger partial charge in [-0.2, -0.15) is 0 Å². The predicted molar refractivity (Wildman–Crippen MR) is 157 cm³/mol. The van der Waals surface area contributed by atoms with Crippen molar-refractivity contribution in [1.29, 1.82) is 0 Å². The van der Waals surface area contributed by atoms with E-state index in [1.54, 1.807) is 19.1 Å². The van der Waals surface area contributed by atoms with Gasteiger partial charge in [-0.05, 0) is 50.8 Å². The highest BCUT2D eigenvalue weighted by molar-refractivity contribution is 5.91. The van der Waals surface area contributed by atoms with Crippen molar-refractivity contribution in [3.63, 3.8) is 0 Å². The third-order valence-corrected chi connectivity index (χ3v) is 8.02. The summed E-state index contributed by atoms with van der Waals surface area (Å²) in [6.45, 7) is 5.77. The fraction of sp³-hybridized carbons (Fsp3) is 0.516. The molecular weight excluding hydrogens is 554 g/mol. The highest BCUT2D eigenvalue weighted by Crippen LogP contribution is 2.29. The number of rotatable bonds is 2. The molecule has 3 amide bonds. The molecule has 43 heavy (non-hydrogen) atoms. The Labute approximate surface area is 250 Å². The van der Waals surface area contributed by atoms with Crippen molar-refractivity contribution >= 4 is 40.7 Å². The lowest BCUT2D eigenvalue weighted by atomic mass is 9.88. The summed E-state index contributed by atoms with van der Waals surface area (Å²) in [5.74, 6) is -1.87. The van der Waals surface area contributed by atoms with E-state index in [4.69, 9.17) is 19.2 Å². The number of esters is 1. The summed E-state index contributed by atoms with van der Waals surface area (Å²) < 4.78 is 16.8. The minimum absolute atomic E-state index is 0.0205. The number of carbonyl (C=O) groups is 4. The Balaban J connectivity index is 1.52. The van der Waals surface area contributed by atoms with E-state index in [1.165, 1.54) is 5.01 Å². The molecule has 4 heterocycles. The van der Waals surface area contributed by atoms with E-state index in [1.807, 2.05) is 44.2 Å². The molecule has 1 spiro atoms. The average molecular weight is 594 g/mol. The summed E-state index contributed by atoms with van der Waals surface area (Å²) in [5, 5.41) is 8.01.